The normalized spacial score (nSPS) is 25.3. The number of aryl methyl sites for hydroxylation is 1. The number of likely N-dealkylation sites (tertiary alicyclic amines) is 1. The number of nitrogens with one attached hydrogen (secondary N) is 1. The number of piperidine rings is 1. The highest BCUT2D eigenvalue weighted by molar-refractivity contribution is 6.03. The number of morpholine rings is 1. The number of methoxy groups -OCH3 is 1. The minimum Gasteiger partial charge on any atom is -0.465 e. The van der Waals surface area contributed by atoms with Crippen molar-refractivity contribution in [2.45, 2.75) is 65.7 Å². The van der Waals surface area contributed by atoms with Crippen molar-refractivity contribution in [3.63, 3.8) is 0 Å². The van der Waals surface area contributed by atoms with Crippen molar-refractivity contribution < 1.29 is 19.1 Å². The molecule has 0 saturated carbocycles. The Morgan fingerprint density at radius 3 is 2.33 bits per heavy atom. The number of carbonyl (C=O) groups excluding carboxylic acids is 2. The number of hydrogen-bond donors (Lipinski definition) is 1. The van der Waals surface area contributed by atoms with E-state index in [9.17, 15) is 9.59 Å². The maximum absolute atomic E-state index is 13.2. The van der Waals surface area contributed by atoms with Crippen LogP contribution in [0.1, 0.15) is 65.7 Å². The van der Waals surface area contributed by atoms with Crippen LogP contribution in [-0.4, -0.2) is 84.6 Å². The van der Waals surface area contributed by atoms with Gasteiger partial charge in [0.15, 0.2) is 5.78 Å². The van der Waals surface area contributed by atoms with Crippen LogP contribution in [0.25, 0.3) is 0 Å². The summed E-state index contributed by atoms with van der Waals surface area (Å²) in [6.07, 6.45) is 2.81. The van der Waals surface area contributed by atoms with Crippen molar-refractivity contribution in [1.29, 1.82) is 0 Å². The fourth-order valence-electron chi connectivity index (χ4n) is 5.10. The van der Waals surface area contributed by atoms with Gasteiger partial charge in [-0.1, -0.05) is 0 Å². The molecule has 2 aliphatic rings. The molecule has 2 saturated heterocycles. The predicted octanol–water partition coefficient (Wildman–Crippen LogP) is 2.81. The van der Waals surface area contributed by atoms with Gasteiger partial charge in [0.1, 0.15) is 0 Å². The molecule has 1 aromatic rings. The lowest BCUT2D eigenvalue weighted by molar-refractivity contribution is -0.0733. The Balaban J connectivity index is 1.57. The van der Waals surface area contributed by atoms with Crippen LogP contribution in [0.15, 0.2) is 0 Å². The Kier molecular flexibility index (Phi) is 7.37. The van der Waals surface area contributed by atoms with Gasteiger partial charge in [-0.2, -0.15) is 0 Å². The van der Waals surface area contributed by atoms with Crippen LogP contribution in [0.3, 0.4) is 0 Å². The molecule has 0 aromatic carbocycles. The molecule has 7 nitrogen and oxygen atoms in total. The minimum absolute atomic E-state index is 0.0417. The van der Waals surface area contributed by atoms with Crippen molar-refractivity contribution in [3.8, 4) is 0 Å². The summed E-state index contributed by atoms with van der Waals surface area (Å²) in [6, 6.07) is -0.211. The molecule has 30 heavy (non-hydrogen) atoms. The number of rotatable bonds is 6. The molecule has 3 atom stereocenters. The van der Waals surface area contributed by atoms with Gasteiger partial charge in [-0.15, -0.1) is 0 Å². The van der Waals surface area contributed by atoms with Crippen LogP contribution < -0.4 is 0 Å². The number of esters is 1. The standard InChI is InChI=1S/C23H37N3O4/c1-14-11-25(12-15(2)30-14)13-19-7-9-26(10-8-19)18(5)22(27)21-16(3)20(17(4)24-21)23(28)29-6/h14-15,18-19,24H,7-13H2,1-6H3. The van der Waals surface area contributed by atoms with Crippen LogP contribution in [0.4, 0.5) is 0 Å². The lowest BCUT2D eigenvalue weighted by Gasteiger charge is -2.40. The topological polar surface area (TPSA) is 74.9 Å². The van der Waals surface area contributed by atoms with Crippen molar-refractivity contribution in [2.24, 2.45) is 5.92 Å². The molecule has 3 unspecified atom stereocenters. The molecule has 1 aromatic heterocycles. The highest BCUT2D eigenvalue weighted by atomic mass is 16.5. The molecular formula is C23H37N3O4. The van der Waals surface area contributed by atoms with E-state index in [0.29, 0.717) is 40.6 Å². The summed E-state index contributed by atoms with van der Waals surface area (Å²) in [7, 11) is 1.36. The van der Waals surface area contributed by atoms with E-state index in [1.165, 1.54) is 7.11 Å². The number of aromatic nitrogens is 1. The van der Waals surface area contributed by atoms with Gasteiger partial charge in [-0.05, 0) is 72.0 Å². The van der Waals surface area contributed by atoms with Gasteiger partial charge in [0, 0.05) is 25.3 Å². The SMILES string of the molecule is COC(=O)c1c(C)[nH]c(C(=O)C(C)N2CCC(CN3CC(C)OC(C)C3)CC2)c1C. The number of hydrogen-bond acceptors (Lipinski definition) is 6. The molecule has 2 fully saturated rings. The van der Waals surface area contributed by atoms with E-state index in [1.54, 1.807) is 6.92 Å². The van der Waals surface area contributed by atoms with E-state index in [0.717, 1.165) is 45.6 Å². The summed E-state index contributed by atoms with van der Waals surface area (Å²) in [5, 5.41) is 0. The Hall–Kier alpha value is -1.70. The van der Waals surface area contributed by atoms with Crippen molar-refractivity contribution in [2.75, 3.05) is 39.8 Å². The molecule has 168 valence electrons. The molecule has 0 radical (unpaired) electrons. The van der Waals surface area contributed by atoms with Gasteiger partial charge in [-0.25, -0.2) is 4.79 Å². The van der Waals surface area contributed by atoms with Crippen LogP contribution in [0, 0.1) is 19.8 Å². The zero-order valence-electron chi connectivity index (χ0n) is 19.3. The average Bonchev–Trinajstić information content (AvgIpc) is 3.00. The average molecular weight is 420 g/mol. The number of nitrogens with zero attached hydrogens (tertiary/aromatic N) is 2. The quantitative estimate of drug-likeness (QED) is 0.565. The minimum atomic E-state index is -0.402. The van der Waals surface area contributed by atoms with E-state index in [1.807, 2.05) is 13.8 Å². The second-order valence-electron chi connectivity index (χ2n) is 9.11. The molecule has 2 aliphatic heterocycles. The Morgan fingerprint density at radius 2 is 1.77 bits per heavy atom. The largest absolute Gasteiger partial charge is 0.465 e. The number of Topliss-reactive ketones (excluding diaryl/α,β-unsaturated/α-hetero) is 1. The summed E-state index contributed by atoms with van der Waals surface area (Å²) in [4.78, 5) is 33.1. The zero-order valence-corrected chi connectivity index (χ0v) is 19.3. The molecule has 0 bridgehead atoms. The third-order valence-corrected chi connectivity index (χ3v) is 6.66. The number of carbonyl (C=O) groups is 2. The van der Waals surface area contributed by atoms with Gasteiger partial charge in [0.2, 0.25) is 0 Å². The van der Waals surface area contributed by atoms with Crippen molar-refractivity contribution in [3.05, 3.63) is 22.5 Å². The summed E-state index contributed by atoms with van der Waals surface area (Å²) in [5.41, 5.74) is 2.36. The first kappa shape index (κ1) is 23.0. The Bertz CT molecular complexity index is 757. The molecule has 7 heteroatoms. The number of aromatic amines is 1. The Morgan fingerprint density at radius 1 is 1.17 bits per heavy atom. The van der Waals surface area contributed by atoms with Crippen molar-refractivity contribution in [1.82, 2.24) is 14.8 Å². The Labute approximate surface area is 180 Å². The van der Waals surface area contributed by atoms with Crippen LogP contribution >= 0.6 is 0 Å². The molecule has 3 heterocycles. The van der Waals surface area contributed by atoms with E-state index < -0.39 is 5.97 Å². The van der Waals surface area contributed by atoms with E-state index >= 15 is 0 Å². The second-order valence-corrected chi connectivity index (χ2v) is 9.11. The summed E-state index contributed by atoms with van der Waals surface area (Å²) in [5.74, 6) is 0.307. The molecule has 1 N–H and O–H groups in total. The first-order valence-electron chi connectivity index (χ1n) is 11.1. The lowest BCUT2D eigenvalue weighted by atomic mass is 9.93. The maximum atomic E-state index is 13.2. The van der Waals surface area contributed by atoms with Gasteiger partial charge >= 0.3 is 5.97 Å². The summed E-state index contributed by atoms with van der Waals surface area (Å²) in [6.45, 7) is 14.9. The van der Waals surface area contributed by atoms with Crippen LogP contribution in [-0.2, 0) is 9.47 Å². The first-order chi connectivity index (χ1) is 14.2. The smallest absolute Gasteiger partial charge is 0.339 e. The lowest BCUT2D eigenvalue weighted by Crippen LogP contribution is -2.49. The van der Waals surface area contributed by atoms with Gasteiger partial charge in [0.05, 0.1) is 36.6 Å². The summed E-state index contributed by atoms with van der Waals surface area (Å²) >= 11 is 0. The van der Waals surface area contributed by atoms with Gasteiger partial charge in [-0.3, -0.25) is 14.6 Å². The highest BCUT2D eigenvalue weighted by Gasteiger charge is 2.32. The van der Waals surface area contributed by atoms with Crippen LogP contribution in [0.2, 0.25) is 0 Å². The fourth-order valence-corrected chi connectivity index (χ4v) is 5.10. The maximum Gasteiger partial charge on any atom is 0.339 e. The van der Waals surface area contributed by atoms with E-state index in [-0.39, 0.29) is 11.8 Å². The number of ether oxygens (including phenoxy) is 2. The monoisotopic (exact) mass is 419 g/mol. The highest BCUT2D eigenvalue weighted by Crippen LogP contribution is 2.25. The van der Waals surface area contributed by atoms with Crippen LogP contribution in [0.5, 0.6) is 0 Å². The molecule has 0 amide bonds. The van der Waals surface area contributed by atoms with Gasteiger partial charge < -0.3 is 14.5 Å². The van der Waals surface area contributed by atoms with E-state index in [2.05, 4.69) is 28.6 Å². The number of ketones is 1. The third-order valence-electron chi connectivity index (χ3n) is 6.66. The first-order valence-corrected chi connectivity index (χ1v) is 11.1. The molecule has 0 spiro atoms. The van der Waals surface area contributed by atoms with E-state index in [4.69, 9.17) is 9.47 Å². The molecule has 0 aliphatic carbocycles. The molecular weight excluding hydrogens is 382 g/mol. The third kappa shape index (κ3) is 4.95. The fraction of sp³-hybridized carbons (Fsp3) is 0.739. The van der Waals surface area contributed by atoms with Gasteiger partial charge in [0.25, 0.3) is 0 Å². The predicted molar refractivity (Wildman–Crippen MR) is 116 cm³/mol. The summed E-state index contributed by atoms with van der Waals surface area (Å²) < 4.78 is 10.7. The van der Waals surface area contributed by atoms with Crippen molar-refractivity contribution >= 4 is 11.8 Å². The molecule has 3 rings (SSSR count). The number of H-pyrrole nitrogens is 1. The zero-order chi connectivity index (χ0) is 22.0. The second kappa shape index (κ2) is 9.62.